The summed E-state index contributed by atoms with van der Waals surface area (Å²) in [5, 5.41) is 3.10. The predicted molar refractivity (Wildman–Crippen MR) is 118 cm³/mol. The Morgan fingerprint density at radius 1 is 1.06 bits per heavy atom. The minimum Gasteiger partial charge on any atom is -0.378 e. The molecule has 156 valence electrons. The van der Waals surface area contributed by atoms with Crippen LogP contribution in [0.4, 0.5) is 5.69 Å². The number of nitrogens with two attached hydrogens (primary N) is 1. The molecule has 0 fully saturated rings. The largest absolute Gasteiger partial charge is 0.378 e. The van der Waals surface area contributed by atoms with E-state index in [0.29, 0.717) is 29.7 Å². The fourth-order valence-corrected chi connectivity index (χ4v) is 3.45. The number of hydrogen-bond acceptors (Lipinski definition) is 5. The highest BCUT2D eigenvalue weighted by atomic mass is 16.1. The van der Waals surface area contributed by atoms with E-state index in [1.165, 1.54) is 6.07 Å². The highest BCUT2D eigenvalue weighted by Gasteiger charge is 2.16. The van der Waals surface area contributed by atoms with Gasteiger partial charge in [-0.3, -0.25) is 14.4 Å². The summed E-state index contributed by atoms with van der Waals surface area (Å²) in [6.45, 7) is 0.582. The second kappa shape index (κ2) is 8.66. The summed E-state index contributed by atoms with van der Waals surface area (Å²) < 4.78 is 1.75. The number of carbonyl (C=O) groups excluding carboxylic acids is 2. The predicted octanol–water partition coefficient (Wildman–Crippen LogP) is 2.36. The van der Waals surface area contributed by atoms with Crippen LogP contribution in [-0.2, 0) is 13.0 Å². The molecule has 2 aromatic carbocycles. The Morgan fingerprint density at radius 2 is 1.87 bits per heavy atom. The van der Waals surface area contributed by atoms with Crippen molar-refractivity contribution in [1.82, 2.24) is 14.5 Å². The molecule has 0 aliphatic rings. The van der Waals surface area contributed by atoms with Crippen molar-refractivity contribution in [3.63, 3.8) is 0 Å². The number of ketones is 1. The summed E-state index contributed by atoms with van der Waals surface area (Å²) in [4.78, 5) is 42.7. The standard InChI is InChI=1S/C23H21N5O3/c24-22(31)23-27-18-13-17(26-14-20(29)16-4-2-1-3-5-16)6-7-19(18)28(23)11-9-15-8-10-25-21(30)12-15/h1-8,10,12-13,26H,9,11,14H2,(H2,24,31)(H,25,30). The molecule has 0 spiro atoms. The lowest BCUT2D eigenvalue weighted by molar-refractivity contribution is 0.0984. The molecule has 2 aromatic heterocycles. The Morgan fingerprint density at radius 3 is 2.61 bits per heavy atom. The number of aryl methyl sites for hydroxylation is 2. The maximum Gasteiger partial charge on any atom is 0.284 e. The fraction of sp³-hybridized carbons (Fsp3) is 0.130. The molecule has 0 unspecified atom stereocenters. The van der Waals surface area contributed by atoms with Gasteiger partial charge in [-0.15, -0.1) is 0 Å². The van der Waals surface area contributed by atoms with Gasteiger partial charge in [-0.25, -0.2) is 4.98 Å². The molecule has 8 nitrogen and oxygen atoms in total. The van der Waals surface area contributed by atoms with Crippen molar-refractivity contribution in [3.8, 4) is 0 Å². The minimum absolute atomic E-state index is 0.0260. The normalized spacial score (nSPS) is 10.8. The van der Waals surface area contributed by atoms with Gasteiger partial charge in [0.2, 0.25) is 5.56 Å². The van der Waals surface area contributed by atoms with Gasteiger partial charge in [0.05, 0.1) is 17.6 Å². The van der Waals surface area contributed by atoms with Gasteiger partial charge in [-0.1, -0.05) is 30.3 Å². The molecular weight excluding hydrogens is 394 g/mol. The highest BCUT2D eigenvalue weighted by Crippen LogP contribution is 2.21. The van der Waals surface area contributed by atoms with E-state index in [1.54, 1.807) is 29.0 Å². The Kier molecular flexibility index (Phi) is 5.61. The van der Waals surface area contributed by atoms with Crippen LogP contribution >= 0.6 is 0 Å². The van der Waals surface area contributed by atoms with Crippen molar-refractivity contribution < 1.29 is 9.59 Å². The number of anilines is 1. The smallest absolute Gasteiger partial charge is 0.284 e. The second-order valence-electron chi connectivity index (χ2n) is 7.11. The summed E-state index contributed by atoms with van der Waals surface area (Å²) in [7, 11) is 0. The fourth-order valence-electron chi connectivity index (χ4n) is 3.45. The number of carbonyl (C=O) groups is 2. The zero-order valence-corrected chi connectivity index (χ0v) is 16.7. The van der Waals surface area contributed by atoms with Crippen molar-refractivity contribution in [2.75, 3.05) is 11.9 Å². The van der Waals surface area contributed by atoms with Gasteiger partial charge in [0.25, 0.3) is 5.91 Å². The van der Waals surface area contributed by atoms with E-state index in [1.807, 2.05) is 36.4 Å². The third-order valence-electron chi connectivity index (χ3n) is 4.98. The third kappa shape index (κ3) is 4.53. The van der Waals surface area contributed by atoms with E-state index in [-0.39, 0.29) is 23.7 Å². The Bertz CT molecular complexity index is 1310. The maximum atomic E-state index is 12.3. The van der Waals surface area contributed by atoms with Crippen molar-refractivity contribution in [3.05, 3.63) is 94.2 Å². The molecule has 0 atom stereocenters. The van der Waals surface area contributed by atoms with Gasteiger partial charge in [0.15, 0.2) is 11.6 Å². The van der Waals surface area contributed by atoms with E-state index in [9.17, 15) is 14.4 Å². The molecule has 8 heteroatoms. The highest BCUT2D eigenvalue weighted by molar-refractivity contribution is 5.99. The first-order valence-electron chi connectivity index (χ1n) is 9.81. The number of rotatable bonds is 8. The number of nitrogens with zero attached hydrogens (tertiary/aromatic N) is 2. The Hall–Kier alpha value is -4.20. The minimum atomic E-state index is -0.629. The summed E-state index contributed by atoms with van der Waals surface area (Å²) in [5.74, 6) is -0.505. The zero-order chi connectivity index (χ0) is 21.8. The van der Waals surface area contributed by atoms with Crippen LogP contribution in [0.5, 0.6) is 0 Å². The average molecular weight is 415 g/mol. The molecule has 0 aliphatic heterocycles. The summed E-state index contributed by atoms with van der Waals surface area (Å²) >= 11 is 0. The summed E-state index contributed by atoms with van der Waals surface area (Å²) in [6.07, 6.45) is 2.13. The van der Waals surface area contributed by atoms with Crippen LogP contribution < -0.4 is 16.6 Å². The quantitative estimate of drug-likeness (QED) is 0.381. The van der Waals surface area contributed by atoms with Crippen LogP contribution in [0.15, 0.2) is 71.7 Å². The number of pyridine rings is 1. The summed E-state index contributed by atoms with van der Waals surface area (Å²) in [6, 6.07) is 17.8. The number of amides is 1. The lowest BCUT2D eigenvalue weighted by Crippen LogP contribution is -2.19. The lowest BCUT2D eigenvalue weighted by atomic mass is 10.1. The number of hydrogen-bond donors (Lipinski definition) is 3. The lowest BCUT2D eigenvalue weighted by Gasteiger charge is -2.09. The number of H-pyrrole nitrogens is 1. The van der Waals surface area contributed by atoms with E-state index in [0.717, 1.165) is 11.1 Å². The van der Waals surface area contributed by atoms with E-state index < -0.39 is 5.91 Å². The number of fused-ring (bicyclic) bond motifs is 1. The first kappa shape index (κ1) is 20.1. The van der Waals surface area contributed by atoms with Gasteiger partial charge < -0.3 is 20.6 Å². The van der Waals surface area contributed by atoms with Gasteiger partial charge in [-0.05, 0) is 36.2 Å². The number of Topliss-reactive ketones (excluding diaryl/α,β-unsaturated/α-hetero) is 1. The van der Waals surface area contributed by atoms with E-state index in [2.05, 4.69) is 15.3 Å². The molecule has 4 rings (SSSR count). The molecule has 1 amide bonds. The van der Waals surface area contributed by atoms with Crippen molar-refractivity contribution in [1.29, 1.82) is 0 Å². The van der Waals surface area contributed by atoms with Crippen molar-refractivity contribution in [2.24, 2.45) is 5.73 Å². The number of primary amides is 1. The van der Waals surface area contributed by atoms with Gasteiger partial charge in [0.1, 0.15) is 0 Å². The summed E-state index contributed by atoms with van der Waals surface area (Å²) in [5.41, 5.74) is 8.90. The van der Waals surface area contributed by atoms with Gasteiger partial charge in [0, 0.05) is 30.1 Å². The number of aromatic nitrogens is 3. The van der Waals surface area contributed by atoms with Gasteiger partial charge >= 0.3 is 0 Å². The average Bonchev–Trinajstić information content (AvgIpc) is 3.15. The van der Waals surface area contributed by atoms with Crippen LogP contribution in [-0.4, -0.2) is 32.8 Å². The second-order valence-corrected chi connectivity index (χ2v) is 7.11. The van der Waals surface area contributed by atoms with Crippen LogP contribution in [0, 0.1) is 0 Å². The van der Waals surface area contributed by atoms with Crippen LogP contribution in [0.3, 0.4) is 0 Å². The third-order valence-corrected chi connectivity index (χ3v) is 4.98. The van der Waals surface area contributed by atoms with Crippen LogP contribution in [0.1, 0.15) is 26.5 Å². The number of benzene rings is 2. The van der Waals surface area contributed by atoms with Gasteiger partial charge in [-0.2, -0.15) is 0 Å². The molecule has 4 N–H and O–H groups in total. The van der Waals surface area contributed by atoms with E-state index in [4.69, 9.17) is 5.73 Å². The first-order chi connectivity index (χ1) is 15.0. The topological polar surface area (TPSA) is 123 Å². The number of aromatic amines is 1. The SMILES string of the molecule is NC(=O)c1nc2cc(NCC(=O)c3ccccc3)ccc2n1CCc1cc[nH]c(=O)c1. The van der Waals surface area contributed by atoms with Crippen LogP contribution in [0.2, 0.25) is 0 Å². The molecule has 31 heavy (non-hydrogen) atoms. The van der Waals surface area contributed by atoms with Crippen LogP contribution in [0.25, 0.3) is 11.0 Å². The Labute approximate surface area is 177 Å². The van der Waals surface area contributed by atoms with Crippen molar-refractivity contribution in [2.45, 2.75) is 13.0 Å². The molecular formula is C23H21N5O3. The molecule has 0 bridgehead atoms. The Balaban J connectivity index is 1.55. The number of nitrogens with one attached hydrogen (secondary N) is 2. The number of imidazole rings is 1. The maximum absolute atomic E-state index is 12.3. The molecule has 0 saturated heterocycles. The van der Waals surface area contributed by atoms with E-state index >= 15 is 0 Å². The molecule has 0 aliphatic carbocycles. The zero-order valence-electron chi connectivity index (χ0n) is 16.7. The first-order valence-corrected chi connectivity index (χ1v) is 9.81. The monoisotopic (exact) mass is 415 g/mol. The molecule has 2 heterocycles. The van der Waals surface area contributed by atoms with Crippen molar-refractivity contribution >= 4 is 28.4 Å². The molecule has 4 aromatic rings. The molecule has 0 saturated carbocycles. The molecule has 0 radical (unpaired) electrons.